The van der Waals surface area contributed by atoms with Crippen molar-refractivity contribution in [2.75, 3.05) is 44.7 Å². The van der Waals surface area contributed by atoms with Gasteiger partial charge in [-0.1, -0.05) is 12.1 Å². The first-order valence-corrected chi connectivity index (χ1v) is 10.1. The molecule has 0 radical (unpaired) electrons. The molecule has 0 aliphatic carbocycles. The van der Waals surface area contributed by atoms with Gasteiger partial charge in [0.05, 0.1) is 5.69 Å². The van der Waals surface area contributed by atoms with E-state index in [2.05, 4.69) is 26.8 Å². The van der Waals surface area contributed by atoms with Crippen LogP contribution < -0.4 is 4.90 Å². The van der Waals surface area contributed by atoms with E-state index in [1.54, 1.807) is 12.4 Å². The normalized spacial score (nSPS) is 17.4. The van der Waals surface area contributed by atoms with Gasteiger partial charge < -0.3 is 14.7 Å². The van der Waals surface area contributed by atoms with Crippen LogP contribution in [-0.2, 0) is 13.0 Å². The average molecular weight is 388 g/mol. The second-order valence-electron chi connectivity index (χ2n) is 7.81. The van der Waals surface area contributed by atoms with Gasteiger partial charge in [-0.3, -0.25) is 9.78 Å². The summed E-state index contributed by atoms with van der Waals surface area (Å²) in [5.41, 5.74) is 2.84. The van der Waals surface area contributed by atoms with Crippen LogP contribution in [0.1, 0.15) is 21.6 Å². The van der Waals surface area contributed by atoms with E-state index < -0.39 is 0 Å². The van der Waals surface area contributed by atoms with Gasteiger partial charge in [0.1, 0.15) is 0 Å². The van der Waals surface area contributed by atoms with Gasteiger partial charge >= 0.3 is 0 Å². The van der Waals surface area contributed by atoms with Crippen molar-refractivity contribution in [3.05, 3.63) is 59.7 Å². The molecule has 7 nitrogen and oxygen atoms in total. The maximum Gasteiger partial charge on any atom is 0.254 e. The molecule has 0 bridgehead atoms. The highest BCUT2D eigenvalue weighted by molar-refractivity contribution is 6.06. The highest BCUT2D eigenvalue weighted by Crippen LogP contribution is 2.24. The van der Waals surface area contributed by atoms with Crippen molar-refractivity contribution in [3.8, 4) is 0 Å². The third kappa shape index (κ3) is 3.42. The van der Waals surface area contributed by atoms with Gasteiger partial charge in [-0.15, -0.1) is 0 Å². The minimum absolute atomic E-state index is 0.0515. The first-order valence-electron chi connectivity index (χ1n) is 10.1. The molecule has 148 valence electrons. The van der Waals surface area contributed by atoms with Crippen molar-refractivity contribution in [2.24, 2.45) is 0 Å². The molecule has 7 heteroatoms. The van der Waals surface area contributed by atoms with Gasteiger partial charge in [0.2, 0.25) is 5.95 Å². The molecule has 4 heterocycles. The van der Waals surface area contributed by atoms with E-state index in [0.717, 1.165) is 66.1 Å². The maximum atomic E-state index is 13.2. The molecule has 2 aliphatic rings. The van der Waals surface area contributed by atoms with Crippen LogP contribution >= 0.6 is 0 Å². The van der Waals surface area contributed by atoms with Crippen LogP contribution in [0, 0.1) is 0 Å². The predicted octanol–water partition coefficient (Wildman–Crippen LogP) is 1.98. The molecule has 0 atom stereocenters. The molecule has 1 fully saturated rings. The molecule has 2 aliphatic heterocycles. The molecule has 1 amide bonds. The van der Waals surface area contributed by atoms with Crippen molar-refractivity contribution in [3.63, 3.8) is 0 Å². The smallest absolute Gasteiger partial charge is 0.254 e. The van der Waals surface area contributed by atoms with Crippen LogP contribution in [-0.4, -0.2) is 70.4 Å². The second-order valence-corrected chi connectivity index (χ2v) is 7.81. The lowest BCUT2D eigenvalue weighted by atomic mass is 10.0. The summed E-state index contributed by atoms with van der Waals surface area (Å²) >= 11 is 0. The largest absolute Gasteiger partial charge is 0.338 e. The van der Waals surface area contributed by atoms with E-state index in [9.17, 15) is 4.79 Å². The van der Waals surface area contributed by atoms with E-state index >= 15 is 0 Å². The molecule has 0 N–H and O–H groups in total. The topological polar surface area (TPSA) is 65.5 Å². The number of likely N-dealkylation sites (N-methyl/N-ethyl adjacent to an activating group) is 1. The summed E-state index contributed by atoms with van der Waals surface area (Å²) in [6, 6.07) is 7.71. The fourth-order valence-electron chi connectivity index (χ4n) is 4.12. The number of amides is 1. The second kappa shape index (κ2) is 7.40. The summed E-state index contributed by atoms with van der Waals surface area (Å²) in [5.74, 6) is 0.869. The van der Waals surface area contributed by atoms with Gasteiger partial charge in [0.25, 0.3) is 5.91 Å². The highest BCUT2D eigenvalue weighted by Gasteiger charge is 2.25. The van der Waals surface area contributed by atoms with Crippen molar-refractivity contribution in [2.45, 2.75) is 13.0 Å². The quantitative estimate of drug-likeness (QED) is 0.669. The van der Waals surface area contributed by atoms with Crippen molar-refractivity contribution < 1.29 is 4.79 Å². The van der Waals surface area contributed by atoms with Gasteiger partial charge in [-0.2, -0.15) is 0 Å². The number of carbonyl (C=O) groups excluding carboxylic acids is 1. The third-order valence-electron chi connectivity index (χ3n) is 5.91. The number of benzene rings is 1. The number of piperazine rings is 1. The van der Waals surface area contributed by atoms with Crippen LogP contribution in [0.3, 0.4) is 0 Å². The van der Waals surface area contributed by atoms with E-state index in [0.29, 0.717) is 13.1 Å². The Morgan fingerprint density at radius 2 is 1.90 bits per heavy atom. The predicted molar refractivity (Wildman–Crippen MR) is 112 cm³/mol. The third-order valence-corrected chi connectivity index (χ3v) is 5.91. The molecule has 0 unspecified atom stereocenters. The number of anilines is 1. The lowest BCUT2D eigenvalue weighted by molar-refractivity contribution is 0.0735. The molecule has 5 rings (SSSR count). The van der Waals surface area contributed by atoms with Crippen molar-refractivity contribution >= 4 is 22.6 Å². The summed E-state index contributed by atoms with van der Waals surface area (Å²) in [6.45, 7) is 5.20. The molecule has 0 spiro atoms. The zero-order valence-corrected chi connectivity index (χ0v) is 16.6. The van der Waals surface area contributed by atoms with Gasteiger partial charge in [-0.25, -0.2) is 9.97 Å². The Morgan fingerprint density at radius 3 is 2.76 bits per heavy atom. The Hall–Kier alpha value is -3.06. The molecule has 2 aromatic heterocycles. The number of aromatic nitrogens is 3. The Balaban J connectivity index is 1.36. The monoisotopic (exact) mass is 388 g/mol. The molecule has 1 aromatic carbocycles. The molecule has 3 aromatic rings. The molecule has 29 heavy (non-hydrogen) atoms. The van der Waals surface area contributed by atoms with E-state index in [4.69, 9.17) is 4.98 Å². The molecular formula is C22H24N6O. The van der Waals surface area contributed by atoms with Crippen LogP contribution in [0.15, 0.2) is 42.9 Å². The Morgan fingerprint density at radius 1 is 1.03 bits per heavy atom. The molecule has 1 saturated heterocycles. The SMILES string of the molecule is CN1CCN(c2ncc3c(n2)CCN(C(=O)c2cccc4cnccc24)C3)CC1. The number of carbonyl (C=O) groups is 1. The minimum Gasteiger partial charge on any atom is -0.338 e. The summed E-state index contributed by atoms with van der Waals surface area (Å²) in [7, 11) is 2.14. The average Bonchev–Trinajstić information content (AvgIpc) is 2.78. The van der Waals surface area contributed by atoms with Gasteiger partial charge in [0, 0.05) is 80.8 Å². The zero-order chi connectivity index (χ0) is 19.8. The molecule has 0 saturated carbocycles. The first-order chi connectivity index (χ1) is 14.2. The fourth-order valence-corrected chi connectivity index (χ4v) is 4.12. The number of hydrogen-bond acceptors (Lipinski definition) is 6. The first kappa shape index (κ1) is 18.0. The van der Waals surface area contributed by atoms with Crippen molar-refractivity contribution in [1.29, 1.82) is 0 Å². The van der Waals surface area contributed by atoms with Crippen molar-refractivity contribution in [1.82, 2.24) is 24.8 Å². The standard InChI is InChI=1S/C22H24N6O/c1-26-9-11-27(12-10-26)22-24-14-17-15-28(8-6-20(17)25-22)21(29)19-4-2-3-16-13-23-7-5-18(16)19/h2-5,7,13-14H,6,8-12,15H2,1H3. The maximum absolute atomic E-state index is 13.2. The lowest BCUT2D eigenvalue weighted by Gasteiger charge is -2.33. The zero-order valence-electron chi connectivity index (χ0n) is 16.6. The lowest BCUT2D eigenvalue weighted by Crippen LogP contribution is -2.45. The summed E-state index contributed by atoms with van der Waals surface area (Å²) in [4.78, 5) is 33.3. The van der Waals surface area contributed by atoms with E-state index in [1.165, 1.54) is 0 Å². The summed E-state index contributed by atoms with van der Waals surface area (Å²) in [5, 5.41) is 1.93. The highest BCUT2D eigenvalue weighted by atomic mass is 16.2. The van der Waals surface area contributed by atoms with Gasteiger partial charge in [0.15, 0.2) is 0 Å². The van der Waals surface area contributed by atoms with Crippen LogP contribution in [0.5, 0.6) is 0 Å². The number of rotatable bonds is 2. The fraction of sp³-hybridized carbons (Fsp3) is 0.364. The Bertz CT molecular complexity index is 1050. The van der Waals surface area contributed by atoms with Crippen LogP contribution in [0.4, 0.5) is 5.95 Å². The summed E-state index contributed by atoms with van der Waals surface area (Å²) < 4.78 is 0. The number of fused-ring (bicyclic) bond motifs is 2. The van der Waals surface area contributed by atoms with Gasteiger partial charge in [-0.05, 0) is 24.6 Å². The molecular weight excluding hydrogens is 364 g/mol. The Kier molecular flexibility index (Phi) is 4.60. The minimum atomic E-state index is 0.0515. The number of hydrogen-bond donors (Lipinski definition) is 0. The van der Waals surface area contributed by atoms with Crippen LogP contribution in [0.2, 0.25) is 0 Å². The summed E-state index contributed by atoms with van der Waals surface area (Å²) in [6.07, 6.45) is 6.20. The van der Waals surface area contributed by atoms with E-state index in [1.807, 2.05) is 35.4 Å². The number of nitrogens with zero attached hydrogens (tertiary/aromatic N) is 6. The number of pyridine rings is 1. The van der Waals surface area contributed by atoms with E-state index in [-0.39, 0.29) is 5.91 Å². The van der Waals surface area contributed by atoms with Crippen LogP contribution in [0.25, 0.3) is 10.8 Å². The Labute approximate surface area is 170 Å².